The van der Waals surface area contributed by atoms with Crippen LogP contribution in [-0.4, -0.2) is 0 Å². The molecule has 0 amide bonds. The van der Waals surface area contributed by atoms with Crippen LogP contribution in [-0.2, 0) is 0 Å². The van der Waals surface area contributed by atoms with Crippen LogP contribution in [0.2, 0.25) is 0 Å². The molecule has 0 aliphatic carbocycles. The Bertz CT molecular complexity index is 49.1. The van der Waals surface area contributed by atoms with Gasteiger partial charge in [0.2, 0.25) is 0 Å². The molecule has 2 atom stereocenters. The van der Waals surface area contributed by atoms with Gasteiger partial charge in [0, 0.05) is 0 Å². The Kier molecular flexibility index (Phi) is 4.84. The van der Waals surface area contributed by atoms with E-state index in [1.165, 1.54) is 19.3 Å². The highest BCUT2D eigenvalue weighted by Gasteiger charge is 2.03. The van der Waals surface area contributed by atoms with Crippen molar-refractivity contribution in [1.82, 2.24) is 0 Å². The first-order chi connectivity index (χ1) is 4.20. The van der Waals surface area contributed by atoms with Gasteiger partial charge < -0.3 is 0 Å². The summed E-state index contributed by atoms with van der Waals surface area (Å²) in [6.45, 7) is 9.22. The summed E-state index contributed by atoms with van der Waals surface area (Å²) in [6, 6.07) is 0. The fraction of sp³-hybridized carbons (Fsp3) is 1.00. The molecule has 0 fully saturated rings. The molecule has 0 aromatic rings. The van der Waals surface area contributed by atoms with Crippen LogP contribution >= 0.6 is 0 Å². The van der Waals surface area contributed by atoms with Crippen molar-refractivity contribution in [2.24, 2.45) is 11.8 Å². The Morgan fingerprint density at radius 1 is 0.889 bits per heavy atom. The lowest BCUT2D eigenvalue weighted by atomic mass is 9.94. The zero-order chi connectivity index (χ0) is 7.28. The standard InChI is InChI=1S/C9H20/c1-5-8(3)7-9(4)6-2/h8-9H,5-7H2,1-4H3/t8-,9?/m0/s1. The lowest BCUT2D eigenvalue weighted by Crippen LogP contribution is -2.00. The summed E-state index contributed by atoms with van der Waals surface area (Å²) < 4.78 is 0. The van der Waals surface area contributed by atoms with Crippen molar-refractivity contribution in [1.29, 1.82) is 0 Å². The van der Waals surface area contributed by atoms with Crippen LogP contribution in [0.15, 0.2) is 0 Å². The first-order valence-corrected chi connectivity index (χ1v) is 4.20. The third kappa shape index (κ3) is 4.50. The molecular formula is C9H20. The minimum Gasteiger partial charge on any atom is -0.0651 e. The van der Waals surface area contributed by atoms with Gasteiger partial charge in [0.05, 0.1) is 0 Å². The minimum absolute atomic E-state index is 0.931. The summed E-state index contributed by atoms with van der Waals surface area (Å²) in [5, 5.41) is 0. The van der Waals surface area contributed by atoms with E-state index in [-0.39, 0.29) is 0 Å². The second kappa shape index (κ2) is 4.84. The van der Waals surface area contributed by atoms with Crippen molar-refractivity contribution < 1.29 is 0 Å². The smallest absolute Gasteiger partial charge is 0.0443 e. The molecule has 0 heterocycles. The largest absolute Gasteiger partial charge is 0.0651 e. The molecule has 1 unspecified atom stereocenters. The lowest BCUT2D eigenvalue weighted by Gasteiger charge is -2.12. The van der Waals surface area contributed by atoms with Gasteiger partial charge >= 0.3 is 0 Å². The van der Waals surface area contributed by atoms with Gasteiger partial charge in [-0.25, -0.2) is 0 Å². The Labute approximate surface area is 59.7 Å². The molecule has 0 spiro atoms. The summed E-state index contributed by atoms with van der Waals surface area (Å²) in [5.74, 6) is 1.86. The molecule has 0 heteroatoms. The number of hydrogen-bond donors (Lipinski definition) is 0. The highest BCUT2D eigenvalue weighted by molar-refractivity contribution is 4.55. The fourth-order valence-electron chi connectivity index (χ4n) is 1.02. The van der Waals surface area contributed by atoms with Crippen LogP contribution < -0.4 is 0 Å². The van der Waals surface area contributed by atoms with Crippen molar-refractivity contribution >= 4 is 0 Å². The van der Waals surface area contributed by atoms with E-state index in [4.69, 9.17) is 0 Å². The predicted molar refractivity (Wildman–Crippen MR) is 43.5 cm³/mol. The molecular weight excluding hydrogens is 108 g/mol. The topological polar surface area (TPSA) is 0 Å². The molecule has 0 saturated carbocycles. The first-order valence-electron chi connectivity index (χ1n) is 4.20. The average Bonchev–Trinajstić information content (AvgIpc) is 1.87. The highest BCUT2D eigenvalue weighted by Crippen LogP contribution is 2.16. The van der Waals surface area contributed by atoms with Crippen molar-refractivity contribution in [3.63, 3.8) is 0 Å². The quantitative estimate of drug-likeness (QED) is 0.544. The molecule has 0 aliphatic rings. The van der Waals surface area contributed by atoms with Gasteiger partial charge in [0.1, 0.15) is 0 Å². The maximum atomic E-state index is 2.34. The summed E-state index contributed by atoms with van der Waals surface area (Å²) >= 11 is 0. The van der Waals surface area contributed by atoms with Crippen molar-refractivity contribution in [2.75, 3.05) is 0 Å². The highest BCUT2D eigenvalue weighted by atomic mass is 14.1. The van der Waals surface area contributed by atoms with Gasteiger partial charge in [0.15, 0.2) is 0 Å². The summed E-state index contributed by atoms with van der Waals surface area (Å²) in [4.78, 5) is 0. The first kappa shape index (κ1) is 9.00. The van der Waals surface area contributed by atoms with Gasteiger partial charge in [0.25, 0.3) is 0 Å². The van der Waals surface area contributed by atoms with Crippen LogP contribution in [0, 0.1) is 11.8 Å². The number of rotatable bonds is 4. The fourth-order valence-corrected chi connectivity index (χ4v) is 1.02. The van der Waals surface area contributed by atoms with Crippen molar-refractivity contribution in [3.05, 3.63) is 0 Å². The molecule has 56 valence electrons. The average molecular weight is 128 g/mol. The van der Waals surface area contributed by atoms with Gasteiger partial charge in [-0.2, -0.15) is 0 Å². The van der Waals surface area contributed by atoms with Crippen LogP contribution in [0.4, 0.5) is 0 Å². The molecule has 0 saturated heterocycles. The molecule has 0 rings (SSSR count). The van der Waals surface area contributed by atoms with Crippen LogP contribution in [0.1, 0.15) is 47.0 Å². The Hall–Kier alpha value is 0. The van der Waals surface area contributed by atoms with Crippen molar-refractivity contribution in [3.8, 4) is 0 Å². The molecule has 0 aromatic carbocycles. The van der Waals surface area contributed by atoms with E-state index >= 15 is 0 Å². The van der Waals surface area contributed by atoms with Crippen LogP contribution in [0.5, 0.6) is 0 Å². The van der Waals surface area contributed by atoms with Crippen LogP contribution in [0.3, 0.4) is 0 Å². The van der Waals surface area contributed by atoms with Gasteiger partial charge in [-0.15, -0.1) is 0 Å². The van der Waals surface area contributed by atoms with E-state index in [0.29, 0.717) is 0 Å². The van der Waals surface area contributed by atoms with E-state index in [9.17, 15) is 0 Å². The van der Waals surface area contributed by atoms with Gasteiger partial charge in [-0.1, -0.05) is 40.5 Å². The van der Waals surface area contributed by atoms with E-state index < -0.39 is 0 Å². The summed E-state index contributed by atoms with van der Waals surface area (Å²) in [7, 11) is 0. The normalized spacial score (nSPS) is 17.3. The lowest BCUT2D eigenvalue weighted by molar-refractivity contribution is 0.397. The molecule has 0 nitrogen and oxygen atoms in total. The van der Waals surface area contributed by atoms with E-state index in [2.05, 4.69) is 27.7 Å². The third-order valence-corrected chi connectivity index (χ3v) is 2.20. The van der Waals surface area contributed by atoms with Gasteiger partial charge in [-0.05, 0) is 18.3 Å². The predicted octanol–water partition coefficient (Wildman–Crippen LogP) is 3.47. The maximum Gasteiger partial charge on any atom is -0.0443 e. The van der Waals surface area contributed by atoms with E-state index in [0.717, 1.165) is 11.8 Å². The van der Waals surface area contributed by atoms with E-state index in [1.807, 2.05) is 0 Å². The Morgan fingerprint density at radius 2 is 1.22 bits per heavy atom. The molecule has 9 heavy (non-hydrogen) atoms. The Morgan fingerprint density at radius 3 is 1.44 bits per heavy atom. The number of hydrogen-bond acceptors (Lipinski definition) is 0. The Balaban J connectivity index is 3.22. The summed E-state index contributed by atoms with van der Waals surface area (Å²) in [6.07, 6.45) is 4.08. The molecule has 0 aliphatic heterocycles. The zero-order valence-corrected chi connectivity index (χ0v) is 7.28. The van der Waals surface area contributed by atoms with Gasteiger partial charge in [-0.3, -0.25) is 0 Å². The maximum absolute atomic E-state index is 2.34. The molecule has 0 bridgehead atoms. The third-order valence-electron chi connectivity index (χ3n) is 2.20. The van der Waals surface area contributed by atoms with E-state index in [1.54, 1.807) is 0 Å². The monoisotopic (exact) mass is 128 g/mol. The summed E-state index contributed by atoms with van der Waals surface area (Å²) in [5.41, 5.74) is 0. The molecule has 0 N–H and O–H groups in total. The molecule has 0 radical (unpaired) electrons. The van der Waals surface area contributed by atoms with Crippen LogP contribution in [0.25, 0.3) is 0 Å². The molecule has 0 aromatic heterocycles. The van der Waals surface area contributed by atoms with Crippen molar-refractivity contribution in [2.45, 2.75) is 47.0 Å². The zero-order valence-electron chi connectivity index (χ0n) is 7.28. The minimum atomic E-state index is 0.931. The second-order valence-corrected chi connectivity index (χ2v) is 3.26. The SMILES string of the molecule is CCC(C)C[C@@H](C)CC. The second-order valence-electron chi connectivity index (χ2n) is 3.26.